The van der Waals surface area contributed by atoms with Gasteiger partial charge in [0.05, 0.1) is 6.20 Å². The Kier molecular flexibility index (Phi) is 1.50. The fourth-order valence-electron chi connectivity index (χ4n) is 1.84. The van der Waals surface area contributed by atoms with Crippen molar-refractivity contribution >= 4 is 5.78 Å². The summed E-state index contributed by atoms with van der Waals surface area (Å²) in [6, 6.07) is 0. The van der Waals surface area contributed by atoms with Crippen LogP contribution >= 0.6 is 0 Å². The van der Waals surface area contributed by atoms with Crippen molar-refractivity contribution in [2.75, 3.05) is 0 Å². The normalized spacial score (nSPS) is 17.1. The average Bonchev–Trinajstić information content (AvgIpc) is 2.40. The van der Waals surface area contributed by atoms with Crippen LogP contribution in [0.25, 0.3) is 5.78 Å². The van der Waals surface area contributed by atoms with E-state index in [1.807, 2.05) is 12.4 Å². The first kappa shape index (κ1) is 7.79. The maximum atomic E-state index is 9.18. The van der Waals surface area contributed by atoms with E-state index >= 15 is 0 Å². The second-order valence-corrected chi connectivity index (χ2v) is 3.82. The Labute approximate surface area is 81.2 Å². The van der Waals surface area contributed by atoms with Gasteiger partial charge in [0.1, 0.15) is 0 Å². The van der Waals surface area contributed by atoms with E-state index < -0.39 is 0 Å². The van der Waals surface area contributed by atoms with Crippen LogP contribution in [0.1, 0.15) is 30.7 Å². The van der Waals surface area contributed by atoms with Gasteiger partial charge >= 0.3 is 0 Å². The zero-order chi connectivity index (χ0) is 9.54. The molecule has 0 spiro atoms. The number of rotatable bonds is 1. The van der Waals surface area contributed by atoms with Crippen molar-refractivity contribution < 1.29 is 5.11 Å². The Hall–Kier alpha value is -1.58. The molecule has 0 aromatic carbocycles. The smallest absolute Gasteiger partial charge is 0.237 e. The van der Waals surface area contributed by atoms with Crippen LogP contribution in [0.15, 0.2) is 18.6 Å². The van der Waals surface area contributed by atoms with Gasteiger partial charge in [-0.3, -0.25) is 4.40 Å². The minimum atomic E-state index is 0.0308. The Morgan fingerprint density at radius 1 is 1.36 bits per heavy atom. The third kappa shape index (κ3) is 1.07. The number of aromatic hydroxyl groups is 1. The first-order valence-electron chi connectivity index (χ1n) is 4.86. The van der Waals surface area contributed by atoms with E-state index in [0.29, 0.717) is 11.7 Å². The van der Waals surface area contributed by atoms with Crippen LogP contribution in [0.2, 0.25) is 0 Å². The van der Waals surface area contributed by atoms with Gasteiger partial charge in [-0.05, 0) is 24.3 Å². The summed E-state index contributed by atoms with van der Waals surface area (Å²) in [7, 11) is 0. The fourth-order valence-corrected chi connectivity index (χ4v) is 1.84. The molecular weight excluding hydrogens is 178 g/mol. The Morgan fingerprint density at radius 2 is 2.21 bits per heavy atom. The van der Waals surface area contributed by atoms with Gasteiger partial charge in [-0.25, -0.2) is 4.98 Å². The minimum Gasteiger partial charge on any atom is -0.492 e. The third-order valence-electron chi connectivity index (χ3n) is 2.89. The van der Waals surface area contributed by atoms with Crippen molar-refractivity contribution in [1.29, 1.82) is 0 Å². The first-order chi connectivity index (χ1) is 6.83. The van der Waals surface area contributed by atoms with Crippen molar-refractivity contribution in [3.05, 3.63) is 24.2 Å². The number of aromatic nitrogens is 3. The monoisotopic (exact) mass is 189 g/mol. The van der Waals surface area contributed by atoms with E-state index in [1.165, 1.54) is 24.8 Å². The highest BCUT2D eigenvalue weighted by Gasteiger charge is 2.20. The second-order valence-electron chi connectivity index (χ2n) is 3.82. The predicted octanol–water partition coefficient (Wildman–Crippen LogP) is 1.70. The summed E-state index contributed by atoms with van der Waals surface area (Å²) in [6.07, 6.45) is 9.30. The summed E-state index contributed by atoms with van der Waals surface area (Å²) >= 11 is 0. The molecule has 0 saturated heterocycles. The molecule has 0 unspecified atom stereocenters. The summed E-state index contributed by atoms with van der Waals surface area (Å²) in [5.41, 5.74) is 1.25. The molecular formula is C10H11N3O. The van der Waals surface area contributed by atoms with Gasteiger partial charge in [0.25, 0.3) is 0 Å². The lowest BCUT2D eigenvalue weighted by Gasteiger charge is -2.25. The summed E-state index contributed by atoms with van der Waals surface area (Å²) in [4.78, 5) is 8.06. The van der Waals surface area contributed by atoms with Crippen LogP contribution in [0, 0.1) is 0 Å². The lowest BCUT2D eigenvalue weighted by atomic mass is 9.81. The van der Waals surface area contributed by atoms with Crippen molar-refractivity contribution in [3.8, 4) is 5.88 Å². The molecule has 1 N–H and O–H groups in total. The third-order valence-corrected chi connectivity index (χ3v) is 2.89. The predicted molar refractivity (Wildman–Crippen MR) is 51.2 cm³/mol. The number of nitrogens with zero attached hydrogens (tertiary/aromatic N) is 3. The van der Waals surface area contributed by atoms with Crippen LogP contribution < -0.4 is 0 Å². The molecule has 4 heteroatoms. The Balaban J connectivity index is 2.09. The van der Waals surface area contributed by atoms with Gasteiger partial charge < -0.3 is 5.11 Å². The number of hydrogen-bond acceptors (Lipinski definition) is 3. The molecule has 1 saturated carbocycles. The van der Waals surface area contributed by atoms with Gasteiger partial charge in [-0.15, -0.1) is 0 Å². The largest absolute Gasteiger partial charge is 0.492 e. The molecule has 3 rings (SSSR count). The van der Waals surface area contributed by atoms with Crippen molar-refractivity contribution in [3.63, 3.8) is 0 Å². The number of fused-ring (bicyclic) bond motifs is 1. The van der Waals surface area contributed by atoms with Gasteiger partial charge in [0, 0.05) is 12.4 Å². The molecule has 2 aromatic heterocycles. The molecule has 0 radical (unpaired) electrons. The SMILES string of the molecule is Oc1cn2cc(C3CCC3)cnc2n1. The lowest BCUT2D eigenvalue weighted by molar-refractivity contribution is 0.417. The van der Waals surface area contributed by atoms with Gasteiger partial charge in [0.2, 0.25) is 11.7 Å². The van der Waals surface area contributed by atoms with E-state index in [-0.39, 0.29) is 5.88 Å². The Bertz CT molecular complexity index is 473. The van der Waals surface area contributed by atoms with Crippen LogP contribution in [0.5, 0.6) is 5.88 Å². The maximum Gasteiger partial charge on any atom is 0.237 e. The Morgan fingerprint density at radius 3 is 2.93 bits per heavy atom. The van der Waals surface area contributed by atoms with E-state index in [0.717, 1.165) is 0 Å². The minimum absolute atomic E-state index is 0.0308. The summed E-state index contributed by atoms with van der Waals surface area (Å²) < 4.78 is 1.78. The van der Waals surface area contributed by atoms with E-state index in [1.54, 1.807) is 10.6 Å². The highest BCUT2D eigenvalue weighted by atomic mass is 16.3. The summed E-state index contributed by atoms with van der Waals surface area (Å²) in [5.74, 6) is 1.25. The first-order valence-corrected chi connectivity index (χ1v) is 4.86. The molecule has 2 heterocycles. The zero-order valence-electron chi connectivity index (χ0n) is 7.72. The molecule has 0 aliphatic heterocycles. The van der Waals surface area contributed by atoms with E-state index in [2.05, 4.69) is 9.97 Å². The van der Waals surface area contributed by atoms with Crippen LogP contribution in [0.3, 0.4) is 0 Å². The van der Waals surface area contributed by atoms with Gasteiger partial charge in [-0.2, -0.15) is 4.98 Å². The van der Waals surface area contributed by atoms with Crippen molar-refractivity contribution in [1.82, 2.24) is 14.4 Å². The van der Waals surface area contributed by atoms with Crippen LogP contribution in [0.4, 0.5) is 0 Å². The second kappa shape index (κ2) is 2.70. The molecule has 72 valence electrons. The van der Waals surface area contributed by atoms with Crippen LogP contribution in [-0.2, 0) is 0 Å². The standard InChI is InChI=1S/C10H11N3O/c14-9-6-13-5-8(7-2-1-3-7)4-11-10(13)12-9/h4-7,14H,1-3H2. The summed E-state index contributed by atoms with van der Waals surface area (Å²) in [6.45, 7) is 0. The molecule has 1 fully saturated rings. The fraction of sp³-hybridized carbons (Fsp3) is 0.400. The topological polar surface area (TPSA) is 50.4 Å². The van der Waals surface area contributed by atoms with Crippen molar-refractivity contribution in [2.45, 2.75) is 25.2 Å². The number of imidazole rings is 1. The molecule has 2 aromatic rings. The molecule has 0 amide bonds. The molecule has 1 aliphatic rings. The quantitative estimate of drug-likeness (QED) is 0.742. The number of hydrogen-bond donors (Lipinski definition) is 1. The molecule has 14 heavy (non-hydrogen) atoms. The van der Waals surface area contributed by atoms with Crippen LogP contribution in [-0.4, -0.2) is 19.5 Å². The molecule has 0 atom stereocenters. The van der Waals surface area contributed by atoms with Gasteiger partial charge in [-0.1, -0.05) is 6.42 Å². The molecule has 4 nitrogen and oxygen atoms in total. The average molecular weight is 189 g/mol. The lowest BCUT2D eigenvalue weighted by Crippen LogP contribution is -2.09. The molecule has 1 aliphatic carbocycles. The highest BCUT2D eigenvalue weighted by molar-refractivity contribution is 5.34. The summed E-state index contributed by atoms with van der Waals surface area (Å²) in [5, 5.41) is 9.18. The van der Waals surface area contributed by atoms with Crippen molar-refractivity contribution in [2.24, 2.45) is 0 Å². The van der Waals surface area contributed by atoms with E-state index in [4.69, 9.17) is 0 Å². The maximum absolute atomic E-state index is 9.18. The van der Waals surface area contributed by atoms with E-state index in [9.17, 15) is 5.11 Å². The molecule has 0 bridgehead atoms. The zero-order valence-corrected chi connectivity index (χ0v) is 7.72. The highest BCUT2D eigenvalue weighted by Crippen LogP contribution is 2.35. The van der Waals surface area contributed by atoms with Gasteiger partial charge in [0.15, 0.2) is 0 Å².